The number of amides is 3. The van der Waals surface area contributed by atoms with Crippen molar-refractivity contribution in [2.24, 2.45) is 0 Å². The van der Waals surface area contributed by atoms with E-state index in [1.165, 1.54) is 26.5 Å². The number of anilines is 3. The Kier molecular flexibility index (Phi) is 19.6. The van der Waals surface area contributed by atoms with E-state index < -0.39 is 17.8 Å². The summed E-state index contributed by atoms with van der Waals surface area (Å²) in [6.45, 7) is 8.25. The zero-order chi connectivity index (χ0) is 44.0. The molecule has 20 nitrogen and oxygen atoms in total. The lowest BCUT2D eigenvalue weighted by atomic mass is 10.1. The number of nitrogens with one attached hydrogen (secondary N) is 3. The minimum atomic E-state index is -1.06. The third-order valence-electron chi connectivity index (χ3n) is 8.94. The first kappa shape index (κ1) is 47.3. The number of carboxylic acid groups (broad SMARTS) is 1. The molecule has 2 aromatic heterocycles. The van der Waals surface area contributed by atoms with Crippen LogP contribution in [0.25, 0.3) is 11.0 Å². The molecule has 0 aliphatic heterocycles. The van der Waals surface area contributed by atoms with Crippen molar-refractivity contribution < 1.29 is 57.1 Å². The van der Waals surface area contributed by atoms with E-state index in [4.69, 9.17) is 48.4 Å². The average Bonchev–Trinajstić information content (AvgIpc) is 3.24. The normalized spacial score (nSPS) is 10.9. The van der Waals surface area contributed by atoms with Crippen molar-refractivity contribution in [2.75, 3.05) is 103 Å². The van der Waals surface area contributed by atoms with Gasteiger partial charge in [0, 0.05) is 86.3 Å². The molecule has 4 rings (SSSR count). The highest BCUT2D eigenvalue weighted by atomic mass is 16.6. The highest BCUT2D eigenvalue weighted by Crippen LogP contribution is 2.39. The largest absolute Gasteiger partial charge is 0.493 e. The standard InChI is InChI=1S/C41H55N7O13/c1-5-48(6-2)30-9-10-31-29(22-36(50)61-32(31)23-30)25-60-41(53)47-38-28(24-45-39(42)46-38)19-27-20-33(54-3)37(34(21-27)55-4)59-26-35(49)43-11-7-13-56-15-17-58-18-16-57-14-8-12-44-40(51)52/h9-10,20-24,44H,5-8,11-19,25-26H2,1-4H3,(H,43,49)(H,51,52)(H3,42,45,46,47,53). The van der Waals surface area contributed by atoms with Crippen LogP contribution in [0, 0.1) is 0 Å². The smallest absolute Gasteiger partial charge is 0.413 e. The van der Waals surface area contributed by atoms with Crippen LogP contribution < -0.4 is 46.4 Å². The number of hydrogen-bond acceptors (Lipinski definition) is 16. The molecule has 0 fully saturated rings. The van der Waals surface area contributed by atoms with Gasteiger partial charge in [-0.2, -0.15) is 4.98 Å². The summed E-state index contributed by atoms with van der Waals surface area (Å²) in [4.78, 5) is 58.9. The lowest BCUT2D eigenvalue weighted by Gasteiger charge is -2.21. The van der Waals surface area contributed by atoms with Crippen LogP contribution >= 0.6 is 0 Å². The van der Waals surface area contributed by atoms with E-state index in [1.807, 2.05) is 26.0 Å². The van der Waals surface area contributed by atoms with Gasteiger partial charge < -0.3 is 63.9 Å². The van der Waals surface area contributed by atoms with Crippen LogP contribution in [0.5, 0.6) is 17.2 Å². The molecule has 0 aliphatic rings. The Hall–Kier alpha value is -6.38. The van der Waals surface area contributed by atoms with Gasteiger partial charge in [-0.3, -0.25) is 10.1 Å². The number of ether oxygens (including phenoxy) is 7. The first-order valence-corrected chi connectivity index (χ1v) is 19.8. The van der Waals surface area contributed by atoms with E-state index in [0.717, 1.165) is 18.8 Å². The number of nitrogens with zero attached hydrogens (tertiary/aromatic N) is 3. The van der Waals surface area contributed by atoms with Gasteiger partial charge in [0.2, 0.25) is 11.7 Å². The molecule has 2 heterocycles. The highest BCUT2D eigenvalue weighted by molar-refractivity contribution is 5.86. The second-order valence-corrected chi connectivity index (χ2v) is 13.2. The number of nitrogens with two attached hydrogens (primary N) is 1. The Labute approximate surface area is 352 Å². The molecule has 4 aromatic rings. The molecule has 0 saturated carbocycles. The number of hydrogen-bond donors (Lipinski definition) is 5. The summed E-state index contributed by atoms with van der Waals surface area (Å²) in [7, 11) is 2.91. The van der Waals surface area contributed by atoms with Gasteiger partial charge >= 0.3 is 17.8 Å². The van der Waals surface area contributed by atoms with Gasteiger partial charge in [0.25, 0.3) is 5.91 Å². The van der Waals surface area contributed by atoms with Gasteiger partial charge in [0.15, 0.2) is 18.1 Å². The Balaban J connectivity index is 1.24. The number of methoxy groups -OCH3 is 2. The Morgan fingerprint density at radius 3 is 2.11 bits per heavy atom. The predicted octanol–water partition coefficient (Wildman–Crippen LogP) is 3.96. The third-order valence-corrected chi connectivity index (χ3v) is 8.94. The van der Waals surface area contributed by atoms with E-state index in [0.29, 0.717) is 105 Å². The van der Waals surface area contributed by atoms with Gasteiger partial charge in [-0.25, -0.2) is 19.4 Å². The molecule has 0 unspecified atom stereocenters. The van der Waals surface area contributed by atoms with E-state index >= 15 is 0 Å². The molecule has 20 heteroatoms. The topological polar surface area (TPSA) is 257 Å². The van der Waals surface area contributed by atoms with Crippen molar-refractivity contribution in [3.8, 4) is 17.2 Å². The molecule has 6 N–H and O–H groups in total. The van der Waals surface area contributed by atoms with Crippen molar-refractivity contribution in [1.82, 2.24) is 20.6 Å². The molecule has 0 spiro atoms. The number of carbonyl (C=O) groups is 3. The molecule has 61 heavy (non-hydrogen) atoms. The van der Waals surface area contributed by atoms with Crippen molar-refractivity contribution >= 4 is 46.5 Å². The number of aromatic nitrogens is 2. The van der Waals surface area contributed by atoms with Crippen molar-refractivity contribution in [2.45, 2.75) is 39.7 Å². The SMILES string of the molecule is CCN(CC)c1ccc2c(COC(=O)Nc3nc(N)ncc3Cc3cc(OC)c(OCC(=O)NCCCOCCOCCOCCCNC(=O)O)c(OC)c3)cc(=O)oc2c1. The molecule has 3 amide bonds. The molecule has 0 aliphatic carbocycles. The van der Waals surface area contributed by atoms with Crippen LogP contribution in [0.4, 0.5) is 27.0 Å². The molecule has 0 bridgehead atoms. The van der Waals surface area contributed by atoms with Crippen LogP contribution in [0.15, 0.2) is 51.8 Å². The predicted molar refractivity (Wildman–Crippen MR) is 225 cm³/mol. The Morgan fingerprint density at radius 2 is 1.49 bits per heavy atom. The van der Waals surface area contributed by atoms with Gasteiger partial charge in [-0.05, 0) is 56.5 Å². The van der Waals surface area contributed by atoms with Crippen molar-refractivity contribution in [1.29, 1.82) is 0 Å². The zero-order valence-electron chi connectivity index (χ0n) is 34.9. The highest BCUT2D eigenvalue weighted by Gasteiger charge is 2.19. The monoisotopic (exact) mass is 853 g/mol. The zero-order valence-corrected chi connectivity index (χ0v) is 34.9. The number of rotatable bonds is 27. The van der Waals surface area contributed by atoms with Crippen LogP contribution in [-0.2, 0) is 36.8 Å². The van der Waals surface area contributed by atoms with Crippen LogP contribution in [0.2, 0.25) is 0 Å². The van der Waals surface area contributed by atoms with E-state index in [2.05, 4.69) is 30.8 Å². The fourth-order valence-electron chi connectivity index (χ4n) is 5.96. The second kappa shape index (κ2) is 25.3. The van der Waals surface area contributed by atoms with Crippen LogP contribution in [0.1, 0.15) is 43.4 Å². The van der Waals surface area contributed by atoms with Gasteiger partial charge in [-0.1, -0.05) is 0 Å². The summed E-state index contributed by atoms with van der Waals surface area (Å²) in [5.74, 6) is 0.485. The summed E-state index contributed by atoms with van der Waals surface area (Å²) in [5, 5.41) is 16.8. The van der Waals surface area contributed by atoms with E-state index in [9.17, 15) is 19.2 Å². The number of benzene rings is 2. The number of fused-ring (bicyclic) bond motifs is 1. The molecule has 332 valence electrons. The molecular weight excluding hydrogens is 798 g/mol. The van der Waals surface area contributed by atoms with Gasteiger partial charge in [0.1, 0.15) is 18.0 Å². The quantitative estimate of drug-likeness (QED) is 0.0420. The minimum Gasteiger partial charge on any atom is -0.493 e. The summed E-state index contributed by atoms with van der Waals surface area (Å²) < 4.78 is 44.3. The van der Waals surface area contributed by atoms with Crippen LogP contribution in [-0.4, -0.2) is 120 Å². The number of carbonyl (C=O) groups excluding carboxylic acids is 2. The second-order valence-electron chi connectivity index (χ2n) is 13.2. The summed E-state index contributed by atoms with van der Waals surface area (Å²) in [6.07, 6.45) is 0.933. The Bertz CT molecular complexity index is 2070. The number of nitrogen functional groups attached to an aromatic ring is 1. The molecule has 0 radical (unpaired) electrons. The van der Waals surface area contributed by atoms with E-state index in [-0.39, 0.29) is 43.1 Å². The van der Waals surface area contributed by atoms with E-state index in [1.54, 1.807) is 18.2 Å². The first-order chi connectivity index (χ1) is 29.5. The van der Waals surface area contributed by atoms with Crippen molar-refractivity contribution in [3.05, 3.63) is 69.7 Å². The van der Waals surface area contributed by atoms with Gasteiger partial charge in [0.05, 0.1) is 40.6 Å². The summed E-state index contributed by atoms with van der Waals surface area (Å²) in [6, 6.07) is 10.2. The maximum Gasteiger partial charge on any atom is 0.413 e. The fraction of sp³-hybridized carbons (Fsp3) is 0.463. The molecular formula is C41H55N7O13. The first-order valence-electron chi connectivity index (χ1n) is 19.8. The van der Waals surface area contributed by atoms with Crippen LogP contribution in [0.3, 0.4) is 0 Å². The fourth-order valence-corrected chi connectivity index (χ4v) is 5.96. The average molecular weight is 854 g/mol. The summed E-state index contributed by atoms with van der Waals surface area (Å²) >= 11 is 0. The lowest BCUT2D eigenvalue weighted by Crippen LogP contribution is -2.30. The third kappa shape index (κ3) is 15.6. The maximum absolute atomic E-state index is 13.1. The van der Waals surface area contributed by atoms with Crippen molar-refractivity contribution in [3.63, 3.8) is 0 Å². The lowest BCUT2D eigenvalue weighted by molar-refractivity contribution is -0.123. The minimum absolute atomic E-state index is 0.0782. The molecule has 0 saturated heterocycles. The van der Waals surface area contributed by atoms with Gasteiger partial charge in [-0.15, -0.1) is 0 Å². The maximum atomic E-state index is 13.1. The molecule has 0 atom stereocenters. The Morgan fingerprint density at radius 1 is 0.852 bits per heavy atom. The summed E-state index contributed by atoms with van der Waals surface area (Å²) in [5.41, 5.74) is 8.23. The molecule has 2 aromatic carbocycles.